The molecule has 0 bridgehead atoms. The Balaban J connectivity index is 2.25. The second kappa shape index (κ2) is 6.44. The van der Waals surface area contributed by atoms with E-state index in [2.05, 4.69) is 19.9 Å². The molecule has 0 spiro atoms. The first kappa shape index (κ1) is 15.1. The zero-order chi connectivity index (χ0) is 15.4. The molecule has 0 aromatic heterocycles. The summed E-state index contributed by atoms with van der Waals surface area (Å²) in [6, 6.07) is 11.3. The quantitative estimate of drug-likeness (QED) is 0.784. The fraction of sp³-hybridized carbons (Fsp3) is 0.278. The molecule has 3 nitrogen and oxygen atoms in total. The number of hydrogen-bond donors (Lipinski definition) is 0. The lowest BCUT2D eigenvalue weighted by atomic mass is 9.99. The van der Waals surface area contributed by atoms with E-state index in [4.69, 9.17) is 9.47 Å². The fourth-order valence-corrected chi connectivity index (χ4v) is 2.17. The average Bonchev–Trinajstić information content (AvgIpc) is 2.50. The molecule has 2 aromatic carbocycles. The summed E-state index contributed by atoms with van der Waals surface area (Å²) in [7, 11) is 3.15. The topological polar surface area (TPSA) is 35.5 Å². The van der Waals surface area contributed by atoms with E-state index in [-0.39, 0.29) is 5.78 Å². The number of ether oxygens (including phenoxy) is 2. The lowest BCUT2D eigenvalue weighted by Crippen LogP contribution is -2.05. The zero-order valence-corrected chi connectivity index (χ0v) is 12.9. The molecule has 0 aliphatic rings. The van der Waals surface area contributed by atoms with Gasteiger partial charge in [-0.1, -0.05) is 18.2 Å². The molecule has 2 rings (SSSR count). The molecule has 0 radical (unpaired) electrons. The normalized spacial score (nSPS) is 10.3. The van der Waals surface area contributed by atoms with Crippen LogP contribution in [0.4, 0.5) is 0 Å². The van der Waals surface area contributed by atoms with Gasteiger partial charge in [-0.3, -0.25) is 4.79 Å². The van der Waals surface area contributed by atoms with Crippen molar-refractivity contribution in [3.63, 3.8) is 0 Å². The number of methoxy groups -OCH3 is 2. The highest BCUT2D eigenvalue weighted by molar-refractivity contribution is 5.98. The molecule has 0 amide bonds. The van der Waals surface area contributed by atoms with Crippen LogP contribution in [0.1, 0.15) is 27.0 Å². The third kappa shape index (κ3) is 3.63. The van der Waals surface area contributed by atoms with Crippen LogP contribution >= 0.6 is 0 Å². The van der Waals surface area contributed by atoms with Gasteiger partial charge in [0.1, 0.15) is 11.5 Å². The third-order valence-corrected chi connectivity index (χ3v) is 3.61. The van der Waals surface area contributed by atoms with E-state index in [9.17, 15) is 4.79 Å². The molecule has 0 N–H and O–H groups in total. The predicted octanol–water partition coefficient (Wildman–Crippen LogP) is 3.75. The van der Waals surface area contributed by atoms with E-state index in [1.165, 1.54) is 11.1 Å². The number of benzene rings is 2. The van der Waals surface area contributed by atoms with Crippen LogP contribution in [0.15, 0.2) is 36.4 Å². The molecule has 2 aromatic rings. The molecule has 0 aliphatic carbocycles. The van der Waals surface area contributed by atoms with Gasteiger partial charge in [-0.05, 0) is 42.7 Å². The number of aryl methyl sites for hydroxylation is 2. The predicted molar refractivity (Wildman–Crippen MR) is 83.5 cm³/mol. The molecular formula is C18H20O3. The molecule has 0 saturated carbocycles. The van der Waals surface area contributed by atoms with E-state index in [0.717, 1.165) is 5.56 Å². The Morgan fingerprint density at radius 3 is 2.05 bits per heavy atom. The van der Waals surface area contributed by atoms with Crippen LogP contribution in [-0.4, -0.2) is 20.0 Å². The first-order valence-electron chi connectivity index (χ1n) is 6.86. The minimum atomic E-state index is 0.0513. The van der Waals surface area contributed by atoms with Crippen LogP contribution in [0, 0.1) is 13.8 Å². The van der Waals surface area contributed by atoms with Crippen molar-refractivity contribution in [3.8, 4) is 11.5 Å². The number of rotatable bonds is 5. The monoisotopic (exact) mass is 284 g/mol. The van der Waals surface area contributed by atoms with Crippen LogP contribution in [0.25, 0.3) is 0 Å². The molecule has 0 aliphatic heterocycles. The van der Waals surface area contributed by atoms with Gasteiger partial charge in [-0.25, -0.2) is 0 Å². The maximum absolute atomic E-state index is 12.4. The van der Waals surface area contributed by atoms with Gasteiger partial charge >= 0.3 is 0 Å². The highest BCUT2D eigenvalue weighted by Crippen LogP contribution is 2.23. The largest absolute Gasteiger partial charge is 0.497 e. The summed E-state index contributed by atoms with van der Waals surface area (Å²) in [5.41, 5.74) is 4.05. The Bertz CT molecular complexity index is 637. The van der Waals surface area contributed by atoms with Gasteiger partial charge in [0, 0.05) is 18.1 Å². The maximum atomic E-state index is 12.4. The Kier molecular flexibility index (Phi) is 4.63. The Hall–Kier alpha value is -2.29. The first-order chi connectivity index (χ1) is 10.0. The van der Waals surface area contributed by atoms with Crippen LogP contribution < -0.4 is 9.47 Å². The van der Waals surface area contributed by atoms with Crippen LogP contribution in [0.3, 0.4) is 0 Å². The molecule has 0 saturated heterocycles. The summed E-state index contributed by atoms with van der Waals surface area (Å²) >= 11 is 0. The van der Waals surface area contributed by atoms with Gasteiger partial charge in [-0.2, -0.15) is 0 Å². The summed E-state index contributed by atoms with van der Waals surface area (Å²) in [6.07, 6.45) is 0.372. The third-order valence-electron chi connectivity index (χ3n) is 3.61. The van der Waals surface area contributed by atoms with Crippen LogP contribution in [0.5, 0.6) is 11.5 Å². The summed E-state index contributed by atoms with van der Waals surface area (Å²) in [6.45, 7) is 4.12. The molecule has 0 heterocycles. The minimum Gasteiger partial charge on any atom is -0.497 e. The minimum absolute atomic E-state index is 0.0513. The summed E-state index contributed by atoms with van der Waals surface area (Å²) < 4.78 is 10.4. The van der Waals surface area contributed by atoms with Crippen molar-refractivity contribution in [1.29, 1.82) is 0 Å². The van der Waals surface area contributed by atoms with Gasteiger partial charge in [0.05, 0.1) is 14.2 Å². The lowest BCUT2D eigenvalue weighted by Gasteiger charge is -2.09. The highest BCUT2D eigenvalue weighted by Gasteiger charge is 2.11. The standard InChI is InChI=1S/C18H20O3/c1-12-5-6-14(7-13(12)2)8-18(19)15-9-16(20-3)11-17(10-15)21-4/h5-7,9-11H,8H2,1-4H3. The van der Waals surface area contributed by atoms with E-state index < -0.39 is 0 Å². The summed E-state index contributed by atoms with van der Waals surface area (Å²) in [5, 5.41) is 0. The number of carbonyl (C=O) groups excluding carboxylic acids is 1. The average molecular weight is 284 g/mol. The van der Waals surface area contributed by atoms with E-state index in [0.29, 0.717) is 23.5 Å². The lowest BCUT2D eigenvalue weighted by molar-refractivity contribution is 0.0992. The Morgan fingerprint density at radius 1 is 0.905 bits per heavy atom. The summed E-state index contributed by atoms with van der Waals surface area (Å²) in [4.78, 5) is 12.4. The van der Waals surface area contributed by atoms with Crippen molar-refractivity contribution in [2.24, 2.45) is 0 Å². The molecule has 3 heteroatoms. The number of hydrogen-bond acceptors (Lipinski definition) is 3. The van der Waals surface area contributed by atoms with E-state index >= 15 is 0 Å². The van der Waals surface area contributed by atoms with Gasteiger partial charge in [0.15, 0.2) is 5.78 Å². The fourth-order valence-electron chi connectivity index (χ4n) is 2.17. The van der Waals surface area contributed by atoms with Gasteiger partial charge in [-0.15, -0.1) is 0 Å². The van der Waals surface area contributed by atoms with E-state index in [1.54, 1.807) is 32.4 Å². The van der Waals surface area contributed by atoms with Crippen molar-refractivity contribution < 1.29 is 14.3 Å². The van der Waals surface area contributed by atoms with Gasteiger partial charge in [0.25, 0.3) is 0 Å². The van der Waals surface area contributed by atoms with E-state index in [1.807, 2.05) is 12.1 Å². The van der Waals surface area contributed by atoms with Crippen molar-refractivity contribution >= 4 is 5.78 Å². The van der Waals surface area contributed by atoms with Gasteiger partial charge < -0.3 is 9.47 Å². The molecule has 0 unspecified atom stereocenters. The smallest absolute Gasteiger partial charge is 0.167 e. The van der Waals surface area contributed by atoms with Crippen molar-refractivity contribution in [1.82, 2.24) is 0 Å². The van der Waals surface area contributed by atoms with Crippen LogP contribution in [0.2, 0.25) is 0 Å². The van der Waals surface area contributed by atoms with Crippen LogP contribution in [-0.2, 0) is 6.42 Å². The Labute approximate surface area is 125 Å². The van der Waals surface area contributed by atoms with Crippen molar-refractivity contribution in [2.45, 2.75) is 20.3 Å². The molecular weight excluding hydrogens is 264 g/mol. The molecule has 110 valence electrons. The second-order valence-electron chi connectivity index (χ2n) is 5.12. The van der Waals surface area contributed by atoms with Crippen molar-refractivity contribution in [2.75, 3.05) is 14.2 Å². The van der Waals surface area contributed by atoms with Crippen molar-refractivity contribution in [3.05, 3.63) is 58.7 Å². The SMILES string of the molecule is COc1cc(OC)cc(C(=O)Cc2ccc(C)c(C)c2)c1. The second-order valence-corrected chi connectivity index (χ2v) is 5.12. The molecule has 0 atom stereocenters. The number of ketones is 1. The molecule has 0 fully saturated rings. The number of Topliss-reactive ketones (excluding diaryl/α,β-unsaturated/α-hetero) is 1. The first-order valence-corrected chi connectivity index (χ1v) is 6.86. The summed E-state index contributed by atoms with van der Waals surface area (Å²) in [5.74, 6) is 1.30. The maximum Gasteiger partial charge on any atom is 0.167 e. The Morgan fingerprint density at radius 2 is 1.52 bits per heavy atom. The highest BCUT2D eigenvalue weighted by atomic mass is 16.5. The van der Waals surface area contributed by atoms with Gasteiger partial charge in [0.2, 0.25) is 0 Å². The zero-order valence-electron chi connectivity index (χ0n) is 12.9. The molecule has 21 heavy (non-hydrogen) atoms. The number of carbonyl (C=O) groups is 1.